The van der Waals surface area contributed by atoms with E-state index in [9.17, 15) is 19.2 Å². The number of amides is 3. The molecule has 0 aliphatic carbocycles. The summed E-state index contributed by atoms with van der Waals surface area (Å²) in [5.41, 5.74) is 3.04. The fourth-order valence-electron chi connectivity index (χ4n) is 4.08. The Kier molecular flexibility index (Phi) is 5.84. The van der Waals surface area contributed by atoms with E-state index in [0.29, 0.717) is 5.56 Å². The summed E-state index contributed by atoms with van der Waals surface area (Å²) in [5.74, 6) is -1.21. The summed E-state index contributed by atoms with van der Waals surface area (Å²) in [6.45, 7) is 1.85. The van der Waals surface area contributed by atoms with E-state index in [1.54, 1.807) is 29.2 Å². The number of benzene rings is 2. The Bertz CT molecular complexity index is 1010. The van der Waals surface area contributed by atoms with Gasteiger partial charge in [-0.2, -0.15) is 0 Å². The van der Waals surface area contributed by atoms with Gasteiger partial charge in [-0.15, -0.1) is 0 Å². The number of esters is 1. The summed E-state index contributed by atoms with van der Waals surface area (Å²) in [5, 5.41) is 0. The Morgan fingerprint density at radius 1 is 0.968 bits per heavy atom. The highest BCUT2D eigenvalue weighted by molar-refractivity contribution is 6.02. The largest absolute Gasteiger partial charge is 0.452 e. The normalized spacial score (nSPS) is 18.2. The van der Waals surface area contributed by atoms with Gasteiger partial charge in [-0.1, -0.05) is 30.3 Å². The number of nitrogens with zero attached hydrogens (tertiary/aromatic N) is 2. The molecule has 0 N–H and O–H groups in total. The molecule has 31 heavy (non-hydrogen) atoms. The van der Waals surface area contributed by atoms with Gasteiger partial charge < -0.3 is 9.64 Å². The standard InChI is InChI=1S/C24H24N2O5/c1-16-6-9-18-4-2-3-5-20(18)26(16)23(29)15-31-24(30)19-10-7-17(8-11-19)14-25-21(27)12-13-22(25)28/h2-5,7-8,10-11,16H,6,9,12-15H2,1H3. The SMILES string of the molecule is CC1CCc2ccccc2N1C(=O)COC(=O)c1ccc(CN2C(=O)CCC2=O)cc1. The molecule has 0 bridgehead atoms. The van der Waals surface area contributed by atoms with Crippen LogP contribution in [0.25, 0.3) is 0 Å². The highest BCUT2D eigenvalue weighted by Gasteiger charge is 2.30. The molecule has 1 unspecified atom stereocenters. The predicted octanol–water partition coefficient (Wildman–Crippen LogP) is 2.86. The van der Waals surface area contributed by atoms with Crippen molar-refractivity contribution in [1.82, 2.24) is 4.90 Å². The number of fused-ring (bicyclic) bond motifs is 1. The second kappa shape index (κ2) is 8.71. The number of hydrogen-bond acceptors (Lipinski definition) is 5. The molecular formula is C24H24N2O5. The van der Waals surface area contributed by atoms with E-state index in [1.807, 2.05) is 31.2 Å². The third-order valence-electron chi connectivity index (χ3n) is 5.80. The molecule has 7 nitrogen and oxygen atoms in total. The van der Waals surface area contributed by atoms with Crippen LogP contribution in [0.1, 0.15) is 47.7 Å². The van der Waals surface area contributed by atoms with Crippen LogP contribution in [0.4, 0.5) is 5.69 Å². The van der Waals surface area contributed by atoms with Crippen LogP contribution >= 0.6 is 0 Å². The third kappa shape index (κ3) is 4.35. The smallest absolute Gasteiger partial charge is 0.338 e. The lowest BCUT2D eigenvalue weighted by Gasteiger charge is -2.35. The molecule has 0 aromatic heterocycles. The number of carbonyl (C=O) groups excluding carboxylic acids is 4. The van der Waals surface area contributed by atoms with Gasteiger partial charge in [-0.3, -0.25) is 19.3 Å². The molecule has 4 rings (SSSR count). The summed E-state index contributed by atoms with van der Waals surface area (Å²) in [4.78, 5) is 51.6. The second-order valence-electron chi connectivity index (χ2n) is 7.93. The maximum Gasteiger partial charge on any atom is 0.338 e. The van der Waals surface area contributed by atoms with Crippen LogP contribution in [0.5, 0.6) is 0 Å². The van der Waals surface area contributed by atoms with E-state index >= 15 is 0 Å². The predicted molar refractivity (Wildman–Crippen MR) is 113 cm³/mol. The summed E-state index contributed by atoms with van der Waals surface area (Å²) in [6.07, 6.45) is 2.27. The first-order chi connectivity index (χ1) is 14.9. The van der Waals surface area contributed by atoms with E-state index in [-0.39, 0.29) is 49.8 Å². The number of ether oxygens (including phenoxy) is 1. The van der Waals surface area contributed by atoms with Crippen LogP contribution in [0.3, 0.4) is 0 Å². The number of carbonyl (C=O) groups is 4. The molecule has 2 heterocycles. The van der Waals surface area contributed by atoms with Gasteiger partial charge in [0.05, 0.1) is 12.1 Å². The first-order valence-electron chi connectivity index (χ1n) is 10.4. The van der Waals surface area contributed by atoms with Crippen molar-refractivity contribution in [1.29, 1.82) is 0 Å². The first-order valence-corrected chi connectivity index (χ1v) is 10.4. The van der Waals surface area contributed by atoms with Gasteiger partial charge in [-0.25, -0.2) is 4.79 Å². The van der Waals surface area contributed by atoms with Crippen LogP contribution in [0, 0.1) is 0 Å². The Morgan fingerprint density at radius 3 is 2.35 bits per heavy atom. The quantitative estimate of drug-likeness (QED) is 0.549. The molecule has 2 aliphatic rings. The molecular weight excluding hydrogens is 396 g/mol. The van der Waals surface area contributed by atoms with Crippen molar-refractivity contribution in [2.24, 2.45) is 0 Å². The molecule has 1 atom stereocenters. The average molecular weight is 420 g/mol. The molecule has 0 radical (unpaired) electrons. The van der Waals surface area contributed by atoms with Crippen LogP contribution in [-0.2, 0) is 32.1 Å². The number of rotatable bonds is 5. The second-order valence-corrected chi connectivity index (χ2v) is 7.93. The van der Waals surface area contributed by atoms with E-state index < -0.39 is 5.97 Å². The zero-order valence-corrected chi connectivity index (χ0v) is 17.4. The molecule has 2 aromatic rings. The fourth-order valence-corrected chi connectivity index (χ4v) is 4.08. The number of likely N-dealkylation sites (tertiary alicyclic amines) is 1. The van der Waals surface area contributed by atoms with E-state index in [4.69, 9.17) is 4.74 Å². The lowest BCUT2D eigenvalue weighted by molar-refractivity contribution is -0.139. The van der Waals surface area contributed by atoms with Crippen molar-refractivity contribution in [3.8, 4) is 0 Å². The number of imide groups is 1. The van der Waals surface area contributed by atoms with Crippen molar-refractivity contribution in [3.63, 3.8) is 0 Å². The summed E-state index contributed by atoms with van der Waals surface area (Å²) >= 11 is 0. The average Bonchev–Trinajstić information content (AvgIpc) is 3.09. The lowest BCUT2D eigenvalue weighted by atomic mass is 9.96. The highest BCUT2D eigenvalue weighted by atomic mass is 16.5. The van der Waals surface area contributed by atoms with Crippen molar-refractivity contribution < 1.29 is 23.9 Å². The van der Waals surface area contributed by atoms with Gasteiger partial charge in [0.25, 0.3) is 5.91 Å². The highest BCUT2D eigenvalue weighted by Crippen LogP contribution is 2.30. The lowest BCUT2D eigenvalue weighted by Crippen LogP contribution is -2.44. The number of para-hydroxylation sites is 1. The molecule has 2 aliphatic heterocycles. The van der Waals surface area contributed by atoms with Crippen molar-refractivity contribution in [2.75, 3.05) is 11.5 Å². The Balaban J connectivity index is 1.36. The summed E-state index contributed by atoms with van der Waals surface area (Å²) in [7, 11) is 0. The monoisotopic (exact) mass is 420 g/mol. The Hall–Kier alpha value is -3.48. The Labute approximate surface area is 180 Å². The molecule has 0 spiro atoms. The van der Waals surface area contributed by atoms with E-state index in [1.165, 1.54) is 4.90 Å². The molecule has 7 heteroatoms. The van der Waals surface area contributed by atoms with Crippen molar-refractivity contribution in [2.45, 2.75) is 45.2 Å². The Morgan fingerprint density at radius 2 is 1.65 bits per heavy atom. The zero-order valence-electron chi connectivity index (χ0n) is 17.4. The summed E-state index contributed by atoms with van der Waals surface area (Å²) in [6, 6.07) is 14.3. The third-order valence-corrected chi connectivity index (χ3v) is 5.80. The van der Waals surface area contributed by atoms with E-state index in [2.05, 4.69) is 0 Å². The van der Waals surface area contributed by atoms with Gasteiger partial charge in [0.2, 0.25) is 11.8 Å². The maximum atomic E-state index is 12.8. The molecule has 160 valence electrons. The first kappa shape index (κ1) is 20.8. The van der Waals surface area contributed by atoms with Crippen LogP contribution in [-0.4, -0.2) is 41.2 Å². The number of anilines is 1. The molecule has 3 amide bonds. The molecule has 2 aromatic carbocycles. The van der Waals surface area contributed by atoms with Gasteiger partial charge in [0, 0.05) is 24.6 Å². The van der Waals surface area contributed by atoms with Crippen LogP contribution in [0.15, 0.2) is 48.5 Å². The minimum atomic E-state index is -0.592. The molecule has 1 fully saturated rings. The van der Waals surface area contributed by atoms with Crippen LogP contribution < -0.4 is 4.90 Å². The van der Waals surface area contributed by atoms with Crippen molar-refractivity contribution in [3.05, 3.63) is 65.2 Å². The number of hydrogen-bond donors (Lipinski definition) is 0. The fraction of sp³-hybridized carbons (Fsp3) is 0.333. The maximum absolute atomic E-state index is 12.8. The van der Waals surface area contributed by atoms with Crippen molar-refractivity contribution >= 4 is 29.4 Å². The van der Waals surface area contributed by atoms with Crippen LogP contribution in [0.2, 0.25) is 0 Å². The summed E-state index contributed by atoms with van der Waals surface area (Å²) < 4.78 is 5.27. The zero-order chi connectivity index (χ0) is 22.0. The minimum absolute atomic E-state index is 0.0383. The topological polar surface area (TPSA) is 84.0 Å². The van der Waals surface area contributed by atoms with E-state index in [0.717, 1.165) is 29.7 Å². The van der Waals surface area contributed by atoms with Gasteiger partial charge in [0.1, 0.15) is 0 Å². The molecule has 1 saturated heterocycles. The van der Waals surface area contributed by atoms with Gasteiger partial charge >= 0.3 is 5.97 Å². The minimum Gasteiger partial charge on any atom is -0.452 e. The van der Waals surface area contributed by atoms with Gasteiger partial charge in [-0.05, 0) is 49.1 Å². The number of aryl methyl sites for hydroxylation is 1. The molecule has 0 saturated carbocycles. The van der Waals surface area contributed by atoms with Gasteiger partial charge in [0.15, 0.2) is 6.61 Å².